The second-order valence-electron chi connectivity index (χ2n) is 5.96. The van der Waals surface area contributed by atoms with E-state index in [1.165, 1.54) is 21.3 Å². The first kappa shape index (κ1) is 22.1. The molecule has 1 heterocycles. The number of benzene rings is 1. The number of hydrogen-bond donors (Lipinski definition) is 2. The van der Waals surface area contributed by atoms with E-state index in [4.69, 9.17) is 23.4 Å². The summed E-state index contributed by atoms with van der Waals surface area (Å²) in [6.07, 6.45) is -0.259. The summed E-state index contributed by atoms with van der Waals surface area (Å²) in [5, 5.41) is 19.7. The number of carbonyl (C=O) groups is 1. The van der Waals surface area contributed by atoms with Gasteiger partial charge in [-0.05, 0) is 13.0 Å². The van der Waals surface area contributed by atoms with Crippen molar-refractivity contribution in [1.82, 2.24) is 0 Å². The molecule has 0 radical (unpaired) electrons. The van der Waals surface area contributed by atoms with E-state index in [1.54, 1.807) is 19.1 Å². The molecule has 2 rings (SSSR count). The van der Waals surface area contributed by atoms with Crippen LogP contribution in [0.1, 0.15) is 36.3 Å². The minimum Gasteiger partial charge on any atom is -0.502 e. The summed E-state index contributed by atoms with van der Waals surface area (Å²) in [5.41, 5.74) is -0.352. The third-order valence-electron chi connectivity index (χ3n) is 4.26. The molecule has 158 valence electrons. The molecule has 0 unspecified atom stereocenters. The van der Waals surface area contributed by atoms with E-state index < -0.39 is 29.7 Å². The van der Waals surface area contributed by atoms with E-state index in [1.807, 2.05) is 0 Å². The Morgan fingerprint density at radius 3 is 2.24 bits per heavy atom. The SMILES string of the molecule is CCOC(=O)C[C@H](c1cc(OC)c(OC)cc1OC)c1oc(CO)cc(=O)c1O. The number of aromatic hydroxyl groups is 1. The Morgan fingerprint density at radius 1 is 1.07 bits per heavy atom. The number of hydrogen-bond acceptors (Lipinski definition) is 9. The zero-order valence-electron chi connectivity index (χ0n) is 16.7. The summed E-state index contributed by atoms with van der Waals surface area (Å²) >= 11 is 0. The molecule has 29 heavy (non-hydrogen) atoms. The molecule has 2 N–H and O–H groups in total. The van der Waals surface area contributed by atoms with Crippen molar-refractivity contribution in [2.24, 2.45) is 0 Å². The highest BCUT2D eigenvalue weighted by atomic mass is 16.5. The Kier molecular flexibility index (Phi) is 7.49. The smallest absolute Gasteiger partial charge is 0.306 e. The van der Waals surface area contributed by atoms with E-state index in [2.05, 4.69) is 0 Å². The van der Waals surface area contributed by atoms with Crippen LogP contribution in [0.15, 0.2) is 27.4 Å². The molecular formula is C20H24O9. The monoisotopic (exact) mass is 408 g/mol. The van der Waals surface area contributed by atoms with Gasteiger partial charge in [-0.15, -0.1) is 0 Å². The van der Waals surface area contributed by atoms with Gasteiger partial charge >= 0.3 is 5.97 Å². The normalized spacial score (nSPS) is 11.6. The van der Waals surface area contributed by atoms with Crippen molar-refractivity contribution in [2.45, 2.75) is 25.9 Å². The van der Waals surface area contributed by atoms with E-state index in [0.717, 1.165) is 6.07 Å². The highest BCUT2D eigenvalue weighted by Crippen LogP contribution is 2.43. The summed E-state index contributed by atoms with van der Waals surface area (Å²) in [7, 11) is 4.33. The minimum atomic E-state index is -0.956. The molecular weight excluding hydrogens is 384 g/mol. The fourth-order valence-corrected chi connectivity index (χ4v) is 2.92. The highest BCUT2D eigenvalue weighted by molar-refractivity contribution is 5.72. The van der Waals surface area contributed by atoms with Crippen molar-refractivity contribution < 1.29 is 38.4 Å². The van der Waals surface area contributed by atoms with Gasteiger partial charge in [-0.25, -0.2) is 0 Å². The summed E-state index contributed by atoms with van der Waals surface area (Å²) in [6.45, 7) is 1.26. The molecule has 9 nitrogen and oxygen atoms in total. The fraction of sp³-hybridized carbons (Fsp3) is 0.400. The van der Waals surface area contributed by atoms with Crippen LogP contribution >= 0.6 is 0 Å². The molecule has 9 heteroatoms. The molecule has 0 fully saturated rings. The lowest BCUT2D eigenvalue weighted by Crippen LogP contribution is -2.16. The van der Waals surface area contributed by atoms with E-state index >= 15 is 0 Å². The van der Waals surface area contributed by atoms with Gasteiger partial charge in [-0.3, -0.25) is 9.59 Å². The molecule has 0 saturated carbocycles. The third kappa shape index (κ3) is 4.80. The number of carbonyl (C=O) groups excluding carboxylic acids is 1. The van der Waals surface area contributed by atoms with Gasteiger partial charge in [0.1, 0.15) is 18.1 Å². The Bertz CT molecular complexity index is 917. The second kappa shape index (κ2) is 9.83. The molecule has 0 bridgehead atoms. The van der Waals surface area contributed by atoms with Gasteiger partial charge in [0.25, 0.3) is 0 Å². The molecule has 1 aromatic heterocycles. The molecule has 0 amide bonds. The molecule has 0 aliphatic rings. The maximum Gasteiger partial charge on any atom is 0.306 e. The first-order chi connectivity index (χ1) is 13.9. The Morgan fingerprint density at radius 2 is 1.69 bits per heavy atom. The maximum atomic E-state index is 12.3. The number of methoxy groups -OCH3 is 3. The Labute approximate surface area is 167 Å². The van der Waals surface area contributed by atoms with Crippen molar-refractivity contribution in [2.75, 3.05) is 27.9 Å². The van der Waals surface area contributed by atoms with Crippen LogP contribution in [0.2, 0.25) is 0 Å². The van der Waals surface area contributed by atoms with E-state index in [-0.39, 0.29) is 24.5 Å². The van der Waals surface area contributed by atoms with Crippen LogP contribution in [0, 0.1) is 0 Å². The average Bonchev–Trinajstić information content (AvgIpc) is 2.73. The van der Waals surface area contributed by atoms with Crippen LogP contribution in [0.25, 0.3) is 0 Å². The minimum absolute atomic E-state index is 0.0592. The van der Waals surface area contributed by atoms with Gasteiger partial charge in [0.2, 0.25) is 11.2 Å². The van der Waals surface area contributed by atoms with Crippen LogP contribution in [-0.4, -0.2) is 44.1 Å². The Balaban J connectivity index is 2.75. The largest absolute Gasteiger partial charge is 0.502 e. The van der Waals surface area contributed by atoms with Gasteiger partial charge in [0.05, 0.1) is 40.3 Å². The van der Waals surface area contributed by atoms with Gasteiger partial charge in [0, 0.05) is 17.7 Å². The van der Waals surface area contributed by atoms with Crippen molar-refractivity contribution in [3.05, 3.63) is 45.5 Å². The molecule has 0 aliphatic heterocycles. The maximum absolute atomic E-state index is 12.3. The van der Waals surface area contributed by atoms with Crippen LogP contribution in [0.3, 0.4) is 0 Å². The zero-order valence-corrected chi connectivity index (χ0v) is 16.7. The molecule has 1 atom stereocenters. The topological polar surface area (TPSA) is 125 Å². The van der Waals surface area contributed by atoms with Crippen LogP contribution < -0.4 is 19.6 Å². The summed E-state index contributed by atoms with van der Waals surface area (Å²) in [5.74, 6) is -1.41. The third-order valence-corrected chi connectivity index (χ3v) is 4.26. The lowest BCUT2D eigenvalue weighted by Gasteiger charge is -2.21. The van der Waals surface area contributed by atoms with Crippen molar-refractivity contribution in [3.8, 4) is 23.0 Å². The van der Waals surface area contributed by atoms with E-state index in [0.29, 0.717) is 22.8 Å². The van der Waals surface area contributed by atoms with Gasteiger partial charge < -0.3 is 33.6 Å². The second-order valence-corrected chi connectivity index (χ2v) is 5.96. The highest BCUT2D eigenvalue weighted by Gasteiger charge is 2.30. The molecule has 0 saturated heterocycles. The molecule has 0 aliphatic carbocycles. The summed E-state index contributed by atoms with van der Waals surface area (Å²) in [6, 6.07) is 4.09. The van der Waals surface area contributed by atoms with Gasteiger partial charge in [0.15, 0.2) is 17.3 Å². The lowest BCUT2D eigenvalue weighted by atomic mass is 9.91. The zero-order chi connectivity index (χ0) is 21.6. The van der Waals surface area contributed by atoms with Crippen molar-refractivity contribution in [3.63, 3.8) is 0 Å². The van der Waals surface area contributed by atoms with E-state index in [9.17, 15) is 19.8 Å². The van der Waals surface area contributed by atoms with Gasteiger partial charge in [-0.2, -0.15) is 0 Å². The average molecular weight is 408 g/mol. The lowest BCUT2D eigenvalue weighted by molar-refractivity contribution is -0.143. The number of ether oxygens (including phenoxy) is 4. The van der Waals surface area contributed by atoms with Crippen LogP contribution in [0.4, 0.5) is 0 Å². The summed E-state index contributed by atoms with van der Waals surface area (Å²) < 4.78 is 26.6. The van der Waals surface area contributed by atoms with Crippen LogP contribution in [-0.2, 0) is 16.1 Å². The van der Waals surface area contributed by atoms with Gasteiger partial charge in [-0.1, -0.05) is 0 Å². The number of aliphatic hydroxyl groups is 1. The first-order valence-electron chi connectivity index (χ1n) is 8.82. The Hall–Kier alpha value is -3.20. The molecule has 0 spiro atoms. The standard InChI is InChI=1S/C20H24O9/c1-5-28-18(23)8-13(20-19(24)14(22)6-11(10-21)29-20)12-7-16(26-3)17(27-4)9-15(12)25-2/h6-7,9,13,21,24H,5,8,10H2,1-4H3/t13-/m1/s1. The van der Waals surface area contributed by atoms with Crippen molar-refractivity contribution >= 4 is 5.97 Å². The predicted octanol–water partition coefficient (Wildman–Crippen LogP) is 1.95. The summed E-state index contributed by atoms with van der Waals surface area (Å²) in [4.78, 5) is 24.4. The number of esters is 1. The number of rotatable bonds is 9. The predicted molar refractivity (Wildman–Crippen MR) is 102 cm³/mol. The quantitative estimate of drug-likeness (QED) is 0.599. The fourth-order valence-electron chi connectivity index (χ4n) is 2.92. The first-order valence-corrected chi connectivity index (χ1v) is 8.82. The molecule has 1 aromatic carbocycles. The number of aliphatic hydroxyl groups excluding tert-OH is 1. The van der Waals surface area contributed by atoms with Crippen LogP contribution in [0.5, 0.6) is 23.0 Å². The molecule has 2 aromatic rings. The van der Waals surface area contributed by atoms with Crippen molar-refractivity contribution in [1.29, 1.82) is 0 Å².